The third kappa shape index (κ3) is 4.74. The van der Waals surface area contributed by atoms with Crippen molar-refractivity contribution in [1.29, 1.82) is 0 Å². The van der Waals surface area contributed by atoms with Crippen LogP contribution in [0.25, 0.3) is 22.0 Å². The Morgan fingerprint density at radius 3 is 2.34 bits per heavy atom. The van der Waals surface area contributed by atoms with Gasteiger partial charge in [-0.05, 0) is 57.4 Å². The van der Waals surface area contributed by atoms with Gasteiger partial charge in [-0.2, -0.15) is 0 Å². The van der Waals surface area contributed by atoms with Crippen LogP contribution in [0.4, 0.5) is 22.0 Å². The number of rotatable bonds is 4. The fraction of sp³-hybridized carbons (Fsp3) is 0.500. The summed E-state index contributed by atoms with van der Waals surface area (Å²) in [6.07, 6.45) is 7.10. The molecular weight excluding hydrogens is 580 g/mol. The maximum absolute atomic E-state index is 13.3. The molecule has 1 saturated carbocycles. The number of carbonyl (C=O) groups is 2. The number of aromatic nitrogens is 2. The molecule has 2 saturated heterocycles. The zero-order valence-corrected chi connectivity index (χ0v) is 26.6. The van der Waals surface area contributed by atoms with Gasteiger partial charge in [0.2, 0.25) is 15.9 Å². The molecule has 3 aromatic rings. The van der Waals surface area contributed by atoms with Crippen molar-refractivity contribution in [1.82, 2.24) is 14.9 Å². The molecule has 5 heterocycles. The van der Waals surface area contributed by atoms with Crippen molar-refractivity contribution in [2.45, 2.75) is 51.0 Å². The van der Waals surface area contributed by atoms with Crippen LogP contribution >= 0.6 is 0 Å². The minimum Gasteiger partial charge on any atom is -0.444 e. The van der Waals surface area contributed by atoms with E-state index in [1.54, 1.807) is 22.2 Å². The lowest BCUT2D eigenvalue weighted by atomic mass is 9.64. The van der Waals surface area contributed by atoms with Gasteiger partial charge < -0.3 is 19.4 Å². The van der Waals surface area contributed by atoms with Crippen LogP contribution in [-0.4, -0.2) is 80.4 Å². The van der Waals surface area contributed by atoms with Crippen LogP contribution in [0.1, 0.15) is 45.6 Å². The second-order valence-electron chi connectivity index (χ2n) is 13.8. The van der Waals surface area contributed by atoms with E-state index in [1.807, 2.05) is 46.0 Å². The molecular formula is C32H38N6O5S. The van der Waals surface area contributed by atoms with E-state index in [0.29, 0.717) is 37.7 Å². The van der Waals surface area contributed by atoms with Crippen LogP contribution in [0.5, 0.6) is 0 Å². The van der Waals surface area contributed by atoms with E-state index >= 15 is 0 Å². The number of likely N-dealkylation sites (N-methyl/N-ethyl adjacent to an activating group) is 1. The second kappa shape index (κ2) is 9.79. The molecule has 0 radical (unpaired) electrons. The minimum atomic E-state index is -3.59. The van der Waals surface area contributed by atoms with Gasteiger partial charge in [0.25, 0.3) is 0 Å². The number of hydrogen-bond acceptors (Lipinski definition) is 8. The van der Waals surface area contributed by atoms with Crippen molar-refractivity contribution in [2.24, 2.45) is 11.8 Å². The third-order valence-corrected chi connectivity index (χ3v) is 10.1. The first-order valence-corrected chi connectivity index (χ1v) is 17.0. The molecule has 4 aliphatic rings. The number of ether oxygens (including phenoxy) is 1. The van der Waals surface area contributed by atoms with Gasteiger partial charge in [-0.1, -0.05) is 12.5 Å². The molecule has 12 heteroatoms. The van der Waals surface area contributed by atoms with Crippen molar-refractivity contribution in [3.63, 3.8) is 0 Å². The molecule has 7 rings (SSSR count). The summed E-state index contributed by atoms with van der Waals surface area (Å²) in [5.74, 6) is 1.18. The number of pyridine rings is 2. The standard InChI is InChI=1S/C32H38N6O5S/c1-31(2,3)43-30(40)38-17-21-15-37(16-22(21)18-38)28-25(35-44(5,41)42)12-20(13-34-28)19-7-8-24-23(11-19)27-26(14-33-24)36(4)29(39)32(27)9-6-10-32/h7-8,11-14,21-22,35H,6,9-10,15-18H2,1-5H3. The highest BCUT2D eigenvalue weighted by Crippen LogP contribution is 2.55. The van der Waals surface area contributed by atoms with Crippen molar-refractivity contribution >= 4 is 50.1 Å². The van der Waals surface area contributed by atoms with E-state index in [1.165, 1.54) is 0 Å². The lowest BCUT2D eigenvalue weighted by molar-refractivity contribution is -0.125. The number of likely N-dealkylation sites (tertiary alicyclic amines) is 1. The Labute approximate surface area is 257 Å². The van der Waals surface area contributed by atoms with E-state index in [4.69, 9.17) is 9.72 Å². The predicted molar refractivity (Wildman–Crippen MR) is 169 cm³/mol. The van der Waals surface area contributed by atoms with Gasteiger partial charge in [0.1, 0.15) is 5.60 Å². The number of benzene rings is 1. The molecule has 2 amide bonds. The molecule has 3 aliphatic heterocycles. The molecule has 1 spiro atoms. The summed E-state index contributed by atoms with van der Waals surface area (Å²) >= 11 is 0. The van der Waals surface area contributed by atoms with E-state index in [-0.39, 0.29) is 23.8 Å². The van der Waals surface area contributed by atoms with Crippen molar-refractivity contribution in [3.8, 4) is 11.1 Å². The molecule has 44 heavy (non-hydrogen) atoms. The summed E-state index contributed by atoms with van der Waals surface area (Å²) in [5.41, 5.74) is 3.74. The number of sulfonamides is 1. The van der Waals surface area contributed by atoms with Crippen LogP contribution in [-0.2, 0) is 25.0 Å². The SMILES string of the molecule is CN1C(=O)C2(CCC2)c2c1cnc1ccc(-c3cnc(N4CC5CN(C(=O)OC(C)(C)C)CC5C4)c(NS(C)(=O)=O)c3)cc21. The first-order chi connectivity index (χ1) is 20.7. The van der Waals surface area contributed by atoms with Crippen LogP contribution in [0.2, 0.25) is 0 Å². The zero-order valence-electron chi connectivity index (χ0n) is 25.8. The topological polar surface area (TPSA) is 125 Å². The highest BCUT2D eigenvalue weighted by atomic mass is 32.2. The van der Waals surface area contributed by atoms with Gasteiger partial charge >= 0.3 is 6.09 Å². The highest BCUT2D eigenvalue weighted by molar-refractivity contribution is 7.92. The molecule has 3 fully saturated rings. The van der Waals surface area contributed by atoms with E-state index in [2.05, 4.69) is 20.7 Å². The molecule has 11 nitrogen and oxygen atoms in total. The number of hydrogen-bond donors (Lipinski definition) is 1. The number of anilines is 3. The Hall–Kier alpha value is -3.93. The maximum atomic E-state index is 13.3. The summed E-state index contributed by atoms with van der Waals surface area (Å²) in [6, 6.07) is 7.80. The van der Waals surface area contributed by atoms with Gasteiger partial charge in [0.15, 0.2) is 5.82 Å². The van der Waals surface area contributed by atoms with Gasteiger partial charge in [-0.15, -0.1) is 0 Å². The predicted octanol–water partition coefficient (Wildman–Crippen LogP) is 4.37. The molecule has 232 valence electrons. The summed E-state index contributed by atoms with van der Waals surface area (Å²) in [4.78, 5) is 41.0. The first-order valence-electron chi connectivity index (χ1n) is 15.1. The lowest BCUT2D eigenvalue weighted by Crippen LogP contribution is -2.43. The van der Waals surface area contributed by atoms with Gasteiger partial charge in [0, 0.05) is 67.8 Å². The van der Waals surface area contributed by atoms with Gasteiger partial charge in [-0.3, -0.25) is 14.5 Å². The number of nitrogens with one attached hydrogen (secondary N) is 1. The zero-order chi connectivity index (χ0) is 31.2. The smallest absolute Gasteiger partial charge is 0.410 e. The molecule has 1 N–H and O–H groups in total. The quantitative estimate of drug-likeness (QED) is 0.457. The number of fused-ring (bicyclic) bond motifs is 5. The fourth-order valence-corrected chi connectivity index (χ4v) is 7.98. The average molecular weight is 619 g/mol. The van der Waals surface area contributed by atoms with Crippen LogP contribution in [0, 0.1) is 11.8 Å². The van der Waals surface area contributed by atoms with Gasteiger partial charge in [-0.25, -0.2) is 18.2 Å². The Bertz CT molecular complexity index is 1800. The highest BCUT2D eigenvalue weighted by Gasteiger charge is 2.54. The van der Waals surface area contributed by atoms with Crippen LogP contribution < -0.4 is 14.5 Å². The fourth-order valence-electron chi connectivity index (χ4n) is 7.43. The van der Waals surface area contributed by atoms with Crippen molar-refractivity contribution < 1.29 is 22.7 Å². The Morgan fingerprint density at radius 2 is 1.73 bits per heavy atom. The third-order valence-electron chi connectivity index (χ3n) is 9.54. The summed E-state index contributed by atoms with van der Waals surface area (Å²) < 4.78 is 33.2. The Morgan fingerprint density at radius 1 is 1.02 bits per heavy atom. The summed E-state index contributed by atoms with van der Waals surface area (Å²) in [5, 5.41) is 0.945. The normalized spacial score (nSPS) is 22.4. The largest absolute Gasteiger partial charge is 0.444 e. The molecule has 0 bridgehead atoms. The van der Waals surface area contributed by atoms with Crippen molar-refractivity contribution in [3.05, 3.63) is 42.2 Å². The molecule has 2 unspecified atom stereocenters. The maximum Gasteiger partial charge on any atom is 0.410 e. The van der Waals surface area contributed by atoms with Crippen molar-refractivity contribution in [2.75, 3.05) is 54.0 Å². The average Bonchev–Trinajstić information content (AvgIpc) is 3.56. The van der Waals surface area contributed by atoms with E-state index in [0.717, 1.165) is 58.8 Å². The number of nitrogens with zero attached hydrogens (tertiary/aromatic N) is 5. The number of amides is 2. The molecule has 1 aromatic carbocycles. The minimum absolute atomic E-state index is 0.133. The molecule has 2 atom stereocenters. The summed E-state index contributed by atoms with van der Waals surface area (Å²) in [7, 11) is -1.77. The number of carbonyl (C=O) groups excluding carboxylic acids is 2. The molecule has 1 aliphatic carbocycles. The Kier molecular flexibility index (Phi) is 6.41. The van der Waals surface area contributed by atoms with Crippen LogP contribution in [0.3, 0.4) is 0 Å². The van der Waals surface area contributed by atoms with Crippen LogP contribution in [0.15, 0.2) is 36.7 Å². The van der Waals surface area contributed by atoms with E-state index < -0.39 is 21.0 Å². The second-order valence-corrected chi connectivity index (χ2v) is 15.6. The van der Waals surface area contributed by atoms with Gasteiger partial charge in [0.05, 0.1) is 34.8 Å². The molecule has 2 aromatic heterocycles. The summed E-state index contributed by atoms with van der Waals surface area (Å²) in [6.45, 7) is 8.09. The van der Waals surface area contributed by atoms with E-state index in [9.17, 15) is 18.0 Å². The first kappa shape index (κ1) is 28.8. The Balaban J connectivity index is 1.20. The monoisotopic (exact) mass is 618 g/mol. The lowest BCUT2D eigenvalue weighted by Gasteiger charge is -2.37.